The summed E-state index contributed by atoms with van der Waals surface area (Å²) in [5.74, 6) is 0.0162. The minimum absolute atomic E-state index is 0.184. The predicted octanol–water partition coefficient (Wildman–Crippen LogP) is 2.68. The average Bonchev–Trinajstić information content (AvgIpc) is 2.68. The first kappa shape index (κ1) is 9.58. The summed E-state index contributed by atoms with van der Waals surface area (Å²) in [6.07, 6.45) is 1.36. The normalized spacial score (nSPS) is 10.3. The van der Waals surface area contributed by atoms with Gasteiger partial charge in [0.2, 0.25) is 5.89 Å². The van der Waals surface area contributed by atoms with E-state index in [1.807, 2.05) is 0 Å². The highest BCUT2D eigenvalue weighted by molar-refractivity contribution is 5.91. The van der Waals surface area contributed by atoms with E-state index in [4.69, 9.17) is 4.42 Å². The van der Waals surface area contributed by atoms with Crippen molar-refractivity contribution < 1.29 is 13.6 Å². The van der Waals surface area contributed by atoms with Gasteiger partial charge in [0, 0.05) is 12.5 Å². The summed E-state index contributed by atoms with van der Waals surface area (Å²) in [7, 11) is 0. The molecule has 2 aromatic rings. The third kappa shape index (κ3) is 1.93. The molecule has 0 aliphatic rings. The van der Waals surface area contributed by atoms with Crippen molar-refractivity contribution in [2.45, 2.75) is 6.92 Å². The molecule has 4 heteroatoms. The number of ketones is 1. The fourth-order valence-corrected chi connectivity index (χ4v) is 1.16. The predicted molar refractivity (Wildman–Crippen MR) is 51.9 cm³/mol. The standard InChI is InChI=1S/C11H8FNO2/c1-7(14)10-6-13-11(15-10)8-2-4-9(12)5-3-8/h2-6H,1H3. The highest BCUT2D eigenvalue weighted by Crippen LogP contribution is 2.19. The Morgan fingerprint density at radius 2 is 2.00 bits per heavy atom. The number of nitrogens with zero attached hydrogens (tertiary/aromatic N) is 1. The maximum absolute atomic E-state index is 12.6. The lowest BCUT2D eigenvalue weighted by Crippen LogP contribution is -1.86. The fourth-order valence-electron chi connectivity index (χ4n) is 1.16. The molecule has 0 amide bonds. The van der Waals surface area contributed by atoms with E-state index in [0.717, 1.165) is 0 Å². The van der Waals surface area contributed by atoms with Crippen LogP contribution >= 0.6 is 0 Å². The molecule has 0 saturated carbocycles. The number of oxazole rings is 1. The zero-order chi connectivity index (χ0) is 10.8. The van der Waals surface area contributed by atoms with Gasteiger partial charge in [0.15, 0.2) is 11.5 Å². The van der Waals surface area contributed by atoms with Gasteiger partial charge in [-0.25, -0.2) is 9.37 Å². The monoisotopic (exact) mass is 205 g/mol. The molecule has 1 aromatic carbocycles. The van der Waals surface area contributed by atoms with Crippen molar-refractivity contribution in [3.05, 3.63) is 42.0 Å². The first-order valence-corrected chi connectivity index (χ1v) is 4.39. The molecule has 15 heavy (non-hydrogen) atoms. The maximum atomic E-state index is 12.6. The Hall–Kier alpha value is -1.97. The highest BCUT2D eigenvalue weighted by Gasteiger charge is 2.09. The van der Waals surface area contributed by atoms with E-state index in [9.17, 15) is 9.18 Å². The van der Waals surface area contributed by atoms with Crippen LogP contribution in [0.1, 0.15) is 17.5 Å². The zero-order valence-corrected chi connectivity index (χ0v) is 8.03. The Morgan fingerprint density at radius 1 is 1.33 bits per heavy atom. The van der Waals surface area contributed by atoms with Gasteiger partial charge in [-0.15, -0.1) is 0 Å². The van der Waals surface area contributed by atoms with Crippen molar-refractivity contribution in [3.63, 3.8) is 0 Å². The second-order valence-electron chi connectivity index (χ2n) is 3.09. The highest BCUT2D eigenvalue weighted by atomic mass is 19.1. The van der Waals surface area contributed by atoms with Crippen LogP contribution in [0.15, 0.2) is 34.9 Å². The Morgan fingerprint density at radius 3 is 2.53 bits per heavy atom. The molecule has 1 heterocycles. The molecule has 0 unspecified atom stereocenters. The smallest absolute Gasteiger partial charge is 0.226 e. The number of rotatable bonds is 2. The lowest BCUT2D eigenvalue weighted by Gasteiger charge is -1.94. The molecule has 1 aromatic heterocycles. The molecule has 0 atom stereocenters. The van der Waals surface area contributed by atoms with Gasteiger partial charge in [-0.1, -0.05) is 0 Å². The average molecular weight is 205 g/mol. The van der Waals surface area contributed by atoms with Crippen LogP contribution in [0.4, 0.5) is 4.39 Å². The molecule has 0 fully saturated rings. The Labute approximate surface area is 85.6 Å². The minimum atomic E-state index is -0.322. The van der Waals surface area contributed by atoms with Crippen molar-refractivity contribution in [2.75, 3.05) is 0 Å². The van der Waals surface area contributed by atoms with E-state index in [1.165, 1.54) is 25.3 Å². The van der Waals surface area contributed by atoms with Crippen LogP contribution in [0.3, 0.4) is 0 Å². The number of Topliss-reactive ketones (excluding diaryl/α,β-unsaturated/α-hetero) is 1. The van der Waals surface area contributed by atoms with Gasteiger partial charge in [-0.05, 0) is 24.3 Å². The molecule has 0 aliphatic carbocycles. The molecule has 0 aliphatic heterocycles. The van der Waals surface area contributed by atoms with Crippen molar-refractivity contribution in [2.24, 2.45) is 0 Å². The second-order valence-corrected chi connectivity index (χ2v) is 3.09. The molecule has 0 radical (unpaired) electrons. The van der Waals surface area contributed by atoms with E-state index >= 15 is 0 Å². The summed E-state index contributed by atoms with van der Waals surface area (Å²) in [6.45, 7) is 1.40. The number of benzene rings is 1. The SMILES string of the molecule is CC(=O)c1cnc(-c2ccc(F)cc2)o1. The number of halogens is 1. The van der Waals surface area contributed by atoms with Crippen LogP contribution in [-0.2, 0) is 0 Å². The number of carbonyl (C=O) groups excluding carboxylic acids is 1. The van der Waals surface area contributed by atoms with Gasteiger partial charge in [0.25, 0.3) is 0 Å². The molecular formula is C11H8FNO2. The van der Waals surface area contributed by atoms with E-state index < -0.39 is 0 Å². The van der Waals surface area contributed by atoms with Gasteiger partial charge in [0.05, 0.1) is 6.20 Å². The summed E-state index contributed by atoms with van der Waals surface area (Å²) in [5, 5.41) is 0. The van der Waals surface area contributed by atoms with Crippen LogP contribution in [0.5, 0.6) is 0 Å². The Bertz CT molecular complexity index is 488. The van der Waals surface area contributed by atoms with E-state index in [1.54, 1.807) is 12.1 Å². The van der Waals surface area contributed by atoms with Crippen LogP contribution in [0, 0.1) is 5.82 Å². The van der Waals surface area contributed by atoms with Crippen molar-refractivity contribution in [1.29, 1.82) is 0 Å². The summed E-state index contributed by atoms with van der Waals surface area (Å²) < 4.78 is 17.8. The Balaban J connectivity index is 2.37. The van der Waals surface area contributed by atoms with Gasteiger partial charge < -0.3 is 4.42 Å². The molecule has 0 saturated heterocycles. The number of hydrogen-bond acceptors (Lipinski definition) is 3. The molecule has 0 N–H and O–H groups in total. The van der Waals surface area contributed by atoms with Gasteiger partial charge >= 0.3 is 0 Å². The molecule has 76 valence electrons. The molecule has 2 rings (SSSR count). The summed E-state index contributed by atoms with van der Waals surface area (Å²) >= 11 is 0. The number of carbonyl (C=O) groups is 1. The van der Waals surface area contributed by atoms with Gasteiger partial charge in [-0.3, -0.25) is 4.79 Å². The molecule has 0 spiro atoms. The van der Waals surface area contributed by atoms with Crippen LogP contribution in [-0.4, -0.2) is 10.8 Å². The molecule has 3 nitrogen and oxygen atoms in total. The maximum Gasteiger partial charge on any atom is 0.226 e. The number of hydrogen-bond donors (Lipinski definition) is 0. The lowest BCUT2D eigenvalue weighted by atomic mass is 10.2. The minimum Gasteiger partial charge on any atom is -0.433 e. The third-order valence-corrected chi connectivity index (χ3v) is 1.94. The summed E-state index contributed by atoms with van der Waals surface area (Å²) in [4.78, 5) is 14.9. The lowest BCUT2D eigenvalue weighted by molar-refractivity contribution is 0.0988. The van der Waals surface area contributed by atoms with Crippen LogP contribution in [0.2, 0.25) is 0 Å². The fraction of sp³-hybridized carbons (Fsp3) is 0.0909. The summed E-state index contributed by atoms with van der Waals surface area (Å²) in [6, 6.07) is 5.72. The molecular weight excluding hydrogens is 197 g/mol. The van der Waals surface area contributed by atoms with E-state index in [2.05, 4.69) is 4.98 Å². The van der Waals surface area contributed by atoms with E-state index in [0.29, 0.717) is 11.5 Å². The topological polar surface area (TPSA) is 43.1 Å². The van der Waals surface area contributed by atoms with Crippen LogP contribution < -0.4 is 0 Å². The van der Waals surface area contributed by atoms with Crippen LogP contribution in [0.25, 0.3) is 11.5 Å². The van der Waals surface area contributed by atoms with Crippen molar-refractivity contribution in [3.8, 4) is 11.5 Å². The van der Waals surface area contributed by atoms with Crippen molar-refractivity contribution >= 4 is 5.78 Å². The first-order valence-electron chi connectivity index (χ1n) is 4.39. The number of aromatic nitrogens is 1. The van der Waals surface area contributed by atoms with Gasteiger partial charge in [0.1, 0.15) is 5.82 Å². The molecule has 0 bridgehead atoms. The zero-order valence-electron chi connectivity index (χ0n) is 8.03. The largest absolute Gasteiger partial charge is 0.433 e. The summed E-state index contributed by atoms with van der Waals surface area (Å²) in [5.41, 5.74) is 0.643. The quantitative estimate of drug-likeness (QED) is 0.708. The van der Waals surface area contributed by atoms with E-state index in [-0.39, 0.29) is 17.4 Å². The third-order valence-electron chi connectivity index (χ3n) is 1.94. The second kappa shape index (κ2) is 3.65. The first-order chi connectivity index (χ1) is 7.16. The van der Waals surface area contributed by atoms with Gasteiger partial charge in [-0.2, -0.15) is 0 Å². The van der Waals surface area contributed by atoms with Crippen molar-refractivity contribution in [1.82, 2.24) is 4.98 Å². The Kier molecular flexibility index (Phi) is 2.33.